The van der Waals surface area contributed by atoms with Crippen molar-refractivity contribution in [2.75, 3.05) is 18.4 Å². The lowest BCUT2D eigenvalue weighted by Crippen LogP contribution is -2.31. The Hall–Kier alpha value is -2.92. The molecular formula is C17H17F2N3O5S. The predicted molar refractivity (Wildman–Crippen MR) is 97.5 cm³/mol. The number of sulfonamides is 1. The van der Waals surface area contributed by atoms with Crippen LogP contribution in [0.3, 0.4) is 0 Å². The number of benzene rings is 2. The number of halogens is 2. The molecule has 0 heterocycles. The molecule has 1 amide bonds. The number of anilines is 1. The Kier molecular flexibility index (Phi) is 6.41. The van der Waals surface area contributed by atoms with E-state index < -0.39 is 48.8 Å². The smallest absolute Gasteiger partial charge is 0.271 e. The monoisotopic (exact) mass is 413 g/mol. The van der Waals surface area contributed by atoms with Crippen molar-refractivity contribution in [1.29, 1.82) is 0 Å². The van der Waals surface area contributed by atoms with E-state index in [-0.39, 0.29) is 18.7 Å². The Morgan fingerprint density at radius 1 is 1.11 bits per heavy atom. The minimum absolute atomic E-state index is 0.105. The number of rotatable bonds is 7. The molecule has 0 bridgehead atoms. The highest BCUT2D eigenvalue weighted by molar-refractivity contribution is 7.89. The van der Waals surface area contributed by atoms with Crippen LogP contribution in [-0.2, 0) is 10.0 Å². The third-order valence-corrected chi connectivity index (χ3v) is 5.99. The van der Waals surface area contributed by atoms with E-state index in [0.717, 1.165) is 40.7 Å². The summed E-state index contributed by atoms with van der Waals surface area (Å²) >= 11 is 0. The normalized spacial score (nSPS) is 11.5. The van der Waals surface area contributed by atoms with Crippen molar-refractivity contribution in [2.24, 2.45) is 0 Å². The molecule has 0 unspecified atom stereocenters. The molecule has 0 fully saturated rings. The number of nitrogens with one attached hydrogen (secondary N) is 1. The summed E-state index contributed by atoms with van der Waals surface area (Å²) in [6.07, 6.45) is 0. The molecule has 0 spiro atoms. The molecule has 1 N–H and O–H groups in total. The third-order valence-electron chi connectivity index (χ3n) is 3.93. The highest BCUT2D eigenvalue weighted by Crippen LogP contribution is 2.24. The van der Waals surface area contributed by atoms with Gasteiger partial charge in [0.1, 0.15) is 16.5 Å². The van der Waals surface area contributed by atoms with E-state index in [1.165, 1.54) is 0 Å². The van der Waals surface area contributed by atoms with Gasteiger partial charge in [-0.3, -0.25) is 14.9 Å². The maximum absolute atomic E-state index is 14.1. The van der Waals surface area contributed by atoms with Gasteiger partial charge in [-0.15, -0.1) is 0 Å². The first-order valence-corrected chi connectivity index (χ1v) is 9.60. The summed E-state index contributed by atoms with van der Waals surface area (Å²) in [5.41, 5.74) is -1.16. The number of nitro groups is 1. The van der Waals surface area contributed by atoms with Gasteiger partial charge in [-0.2, -0.15) is 4.31 Å². The molecule has 2 aromatic rings. The van der Waals surface area contributed by atoms with Crippen LogP contribution in [-0.4, -0.2) is 36.6 Å². The Labute approximate surface area is 160 Å². The lowest BCUT2D eigenvalue weighted by atomic mass is 10.2. The number of carbonyl (C=O) groups excluding carboxylic acids is 1. The molecule has 150 valence electrons. The quantitative estimate of drug-likeness (QED) is 0.554. The number of carbonyl (C=O) groups is 1. The van der Waals surface area contributed by atoms with Crippen LogP contribution in [0.2, 0.25) is 0 Å². The fourth-order valence-electron chi connectivity index (χ4n) is 2.46. The second kappa shape index (κ2) is 8.40. The van der Waals surface area contributed by atoms with Crippen molar-refractivity contribution in [3.63, 3.8) is 0 Å². The minimum atomic E-state index is -4.17. The van der Waals surface area contributed by atoms with Crippen molar-refractivity contribution in [1.82, 2.24) is 4.31 Å². The summed E-state index contributed by atoms with van der Waals surface area (Å²) in [4.78, 5) is 21.7. The fourth-order valence-corrected chi connectivity index (χ4v) is 4.01. The molecule has 0 aliphatic carbocycles. The zero-order valence-electron chi connectivity index (χ0n) is 15.0. The van der Waals surface area contributed by atoms with Gasteiger partial charge in [0.15, 0.2) is 0 Å². The first-order chi connectivity index (χ1) is 13.1. The minimum Gasteiger partial charge on any atom is -0.319 e. The van der Waals surface area contributed by atoms with Gasteiger partial charge in [-0.1, -0.05) is 13.8 Å². The molecule has 0 aliphatic heterocycles. The van der Waals surface area contributed by atoms with Crippen LogP contribution in [0.15, 0.2) is 41.3 Å². The van der Waals surface area contributed by atoms with Gasteiger partial charge >= 0.3 is 0 Å². The van der Waals surface area contributed by atoms with Gasteiger partial charge in [-0.25, -0.2) is 17.2 Å². The van der Waals surface area contributed by atoms with Crippen LogP contribution >= 0.6 is 0 Å². The van der Waals surface area contributed by atoms with Crippen molar-refractivity contribution in [2.45, 2.75) is 18.7 Å². The van der Waals surface area contributed by atoms with Crippen LogP contribution in [0, 0.1) is 21.7 Å². The van der Waals surface area contributed by atoms with Crippen LogP contribution in [0.1, 0.15) is 24.2 Å². The van der Waals surface area contributed by atoms with Gasteiger partial charge in [-0.05, 0) is 24.3 Å². The van der Waals surface area contributed by atoms with Crippen LogP contribution in [0.4, 0.5) is 20.2 Å². The molecule has 28 heavy (non-hydrogen) atoms. The highest BCUT2D eigenvalue weighted by atomic mass is 32.2. The van der Waals surface area contributed by atoms with E-state index >= 15 is 0 Å². The first kappa shape index (κ1) is 21.4. The lowest BCUT2D eigenvalue weighted by molar-refractivity contribution is -0.384. The van der Waals surface area contributed by atoms with E-state index in [1.54, 1.807) is 13.8 Å². The number of non-ortho nitro benzene ring substituents is 1. The van der Waals surface area contributed by atoms with Gasteiger partial charge in [0, 0.05) is 30.8 Å². The molecule has 0 saturated heterocycles. The number of amides is 1. The number of hydrogen-bond donors (Lipinski definition) is 1. The highest BCUT2D eigenvalue weighted by Gasteiger charge is 2.26. The number of hydrogen-bond acceptors (Lipinski definition) is 5. The molecule has 8 nitrogen and oxygen atoms in total. The van der Waals surface area contributed by atoms with E-state index in [1.807, 2.05) is 0 Å². The van der Waals surface area contributed by atoms with Crippen molar-refractivity contribution < 1.29 is 26.9 Å². The number of nitrogens with zero attached hydrogens (tertiary/aromatic N) is 2. The van der Waals surface area contributed by atoms with Crippen LogP contribution < -0.4 is 5.32 Å². The molecule has 0 aliphatic rings. The van der Waals surface area contributed by atoms with Crippen LogP contribution in [0.25, 0.3) is 0 Å². The average molecular weight is 413 g/mol. The van der Waals surface area contributed by atoms with E-state index in [2.05, 4.69) is 5.32 Å². The molecule has 0 saturated carbocycles. The van der Waals surface area contributed by atoms with Crippen LogP contribution in [0.5, 0.6) is 0 Å². The van der Waals surface area contributed by atoms with Gasteiger partial charge in [0.25, 0.3) is 11.6 Å². The van der Waals surface area contributed by atoms with E-state index in [9.17, 15) is 32.1 Å². The van der Waals surface area contributed by atoms with E-state index in [0.29, 0.717) is 0 Å². The van der Waals surface area contributed by atoms with Gasteiger partial charge in [0.05, 0.1) is 10.6 Å². The molecule has 0 aromatic heterocycles. The summed E-state index contributed by atoms with van der Waals surface area (Å²) in [5.74, 6) is -2.91. The summed E-state index contributed by atoms with van der Waals surface area (Å²) in [6, 6.07) is 5.25. The standard InChI is InChI=1S/C17H17F2N3O5S/c1-3-21(4-2)28(26,27)16-9-11(5-7-14(16)19)17(23)20-15-10-12(22(24)25)6-8-13(15)18/h5-10H,3-4H2,1-2H3,(H,20,23). The SMILES string of the molecule is CCN(CC)S(=O)(=O)c1cc(C(=O)Nc2cc([N+](=O)[O-])ccc2F)ccc1F. The van der Waals surface area contributed by atoms with E-state index in [4.69, 9.17) is 0 Å². The second-order valence-corrected chi connectivity index (χ2v) is 7.52. The fraction of sp³-hybridized carbons (Fsp3) is 0.235. The maximum atomic E-state index is 14.1. The molecular weight excluding hydrogens is 396 g/mol. The molecule has 2 rings (SSSR count). The Morgan fingerprint density at radius 3 is 2.29 bits per heavy atom. The Bertz CT molecular complexity index is 1020. The topological polar surface area (TPSA) is 110 Å². The zero-order valence-corrected chi connectivity index (χ0v) is 15.8. The lowest BCUT2D eigenvalue weighted by Gasteiger charge is -2.19. The number of nitro benzene ring substituents is 1. The zero-order chi connectivity index (χ0) is 21.1. The molecule has 0 radical (unpaired) electrons. The summed E-state index contributed by atoms with van der Waals surface area (Å²) < 4.78 is 54.1. The Morgan fingerprint density at radius 2 is 1.71 bits per heavy atom. The predicted octanol–water partition coefficient (Wildman–Crippen LogP) is 3.16. The molecule has 0 atom stereocenters. The van der Waals surface area contributed by atoms with Crippen molar-refractivity contribution in [3.05, 3.63) is 63.7 Å². The largest absolute Gasteiger partial charge is 0.319 e. The third kappa shape index (κ3) is 4.31. The van der Waals surface area contributed by atoms with Gasteiger partial charge in [0.2, 0.25) is 10.0 Å². The summed E-state index contributed by atoms with van der Waals surface area (Å²) in [6.45, 7) is 3.38. The maximum Gasteiger partial charge on any atom is 0.271 e. The molecule has 11 heteroatoms. The van der Waals surface area contributed by atoms with Gasteiger partial charge < -0.3 is 5.32 Å². The van der Waals surface area contributed by atoms with Crippen molar-refractivity contribution in [3.8, 4) is 0 Å². The van der Waals surface area contributed by atoms with Crippen molar-refractivity contribution >= 4 is 27.3 Å². The Balaban J connectivity index is 2.41. The summed E-state index contributed by atoms with van der Waals surface area (Å²) in [5, 5.41) is 12.9. The molecule has 2 aromatic carbocycles. The first-order valence-electron chi connectivity index (χ1n) is 8.16. The average Bonchev–Trinajstić information content (AvgIpc) is 2.64. The second-order valence-electron chi connectivity index (χ2n) is 5.61. The summed E-state index contributed by atoms with van der Waals surface area (Å²) in [7, 11) is -4.17.